The van der Waals surface area contributed by atoms with Crippen LogP contribution in [0.15, 0.2) is 0 Å². The van der Waals surface area contributed by atoms with E-state index in [4.69, 9.17) is 24.5 Å². The standard InChI is InChI=1S/CH5N.H5O10P3/c1-2;1-11(2,3)9-13(7,8)10-12(4,5)6/h2H2,1H3;(H,7,8)(H2,1,2,3)(H2,4,5,6). The van der Waals surface area contributed by atoms with E-state index in [0.717, 1.165) is 0 Å². The van der Waals surface area contributed by atoms with Gasteiger partial charge >= 0.3 is 23.5 Å². The van der Waals surface area contributed by atoms with Gasteiger partial charge in [-0.1, -0.05) is 0 Å². The molecule has 0 aromatic carbocycles. The summed E-state index contributed by atoms with van der Waals surface area (Å²) in [5.41, 5.74) is 4.50. The molecule has 0 spiro atoms. The molecule has 0 radical (unpaired) electrons. The molecule has 0 aliphatic rings. The Kier molecular flexibility index (Phi) is 7.33. The van der Waals surface area contributed by atoms with Gasteiger partial charge in [0.2, 0.25) is 0 Å². The van der Waals surface area contributed by atoms with Crippen LogP contribution in [0.25, 0.3) is 0 Å². The minimum atomic E-state index is -5.46. The predicted molar refractivity (Wildman–Crippen MR) is 46.2 cm³/mol. The van der Waals surface area contributed by atoms with Gasteiger partial charge in [0, 0.05) is 0 Å². The molecule has 0 saturated heterocycles. The fraction of sp³-hybridized carbons (Fsp3) is 1.00. The number of nitrogens with two attached hydrogens (primary N) is 1. The average molecular weight is 289 g/mol. The van der Waals surface area contributed by atoms with E-state index >= 15 is 0 Å². The molecule has 0 aromatic rings. The van der Waals surface area contributed by atoms with Crippen molar-refractivity contribution in [1.82, 2.24) is 0 Å². The van der Waals surface area contributed by atoms with Gasteiger partial charge in [-0.25, -0.2) is 13.7 Å². The van der Waals surface area contributed by atoms with Crippen molar-refractivity contribution in [3.8, 4) is 0 Å². The average Bonchev–Trinajstić information content (AvgIpc) is 1.79. The largest absolute Gasteiger partial charge is 0.490 e. The molecule has 0 heterocycles. The highest BCUT2D eigenvalue weighted by molar-refractivity contribution is 7.66. The van der Waals surface area contributed by atoms with Gasteiger partial charge in [-0.15, -0.1) is 0 Å². The van der Waals surface area contributed by atoms with E-state index in [1.54, 1.807) is 0 Å². The molecule has 0 rings (SSSR count). The lowest BCUT2D eigenvalue weighted by atomic mass is 11.6. The zero-order valence-electron chi connectivity index (χ0n) is 7.20. The normalized spacial score (nSPS) is 13.0. The fourth-order valence-electron chi connectivity index (χ4n) is 0.284. The van der Waals surface area contributed by atoms with E-state index in [1.165, 1.54) is 7.05 Å². The second-order valence-corrected chi connectivity index (χ2v) is 5.82. The maximum absolute atomic E-state index is 10.4. The Morgan fingerprint density at radius 2 is 1.00 bits per heavy atom. The number of rotatable bonds is 4. The third kappa shape index (κ3) is 14.4. The first-order valence-electron chi connectivity index (χ1n) is 2.86. The number of phosphoric acid groups is 3. The Hall–Kier alpha value is 0.370. The molecule has 15 heavy (non-hydrogen) atoms. The fourth-order valence-corrected chi connectivity index (χ4v) is 2.82. The quantitative estimate of drug-likeness (QED) is 0.342. The minimum Gasteiger partial charge on any atom is -0.333 e. The Labute approximate surface area is 83.9 Å². The molecular formula is CH10NO10P3. The number of hydrogen-bond acceptors (Lipinski definition) is 6. The van der Waals surface area contributed by atoms with Crippen molar-refractivity contribution < 1.29 is 46.8 Å². The minimum absolute atomic E-state index is 1.50. The van der Waals surface area contributed by atoms with E-state index < -0.39 is 23.5 Å². The van der Waals surface area contributed by atoms with Gasteiger partial charge in [0.25, 0.3) is 0 Å². The van der Waals surface area contributed by atoms with Gasteiger partial charge in [0.1, 0.15) is 0 Å². The van der Waals surface area contributed by atoms with Gasteiger partial charge in [-0.2, -0.15) is 8.62 Å². The highest BCUT2D eigenvalue weighted by Gasteiger charge is 2.38. The summed E-state index contributed by atoms with van der Waals surface area (Å²) in [6.45, 7) is 0. The predicted octanol–water partition coefficient (Wildman–Crippen LogP) is -1.12. The third-order valence-corrected chi connectivity index (χ3v) is 3.77. The molecule has 0 unspecified atom stereocenters. The van der Waals surface area contributed by atoms with Crippen molar-refractivity contribution >= 4 is 23.5 Å². The highest BCUT2D eigenvalue weighted by Crippen LogP contribution is 2.64. The van der Waals surface area contributed by atoms with Crippen molar-refractivity contribution in [2.75, 3.05) is 7.05 Å². The van der Waals surface area contributed by atoms with Crippen molar-refractivity contribution in [2.24, 2.45) is 5.73 Å². The van der Waals surface area contributed by atoms with E-state index in [9.17, 15) is 13.7 Å². The summed E-state index contributed by atoms with van der Waals surface area (Å²) in [6.07, 6.45) is 0. The van der Waals surface area contributed by atoms with Crippen LogP contribution in [0.2, 0.25) is 0 Å². The van der Waals surface area contributed by atoms with Crippen LogP contribution in [0.4, 0.5) is 0 Å². The van der Waals surface area contributed by atoms with Crippen LogP contribution in [0.3, 0.4) is 0 Å². The summed E-state index contributed by atoms with van der Waals surface area (Å²) in [4.78, 5) is 40.2. The maximum Gasteiger partial charge on any atom is 0.490 e. The van der Waals surface area contributed by atoms with E-state index in [2.05, 4.69) is 14.4 Å². The van der Waals surface area contributed by atoms with Gasteiger partial charge in [-0.3, -0.25) is 0 Å². The Morgan fingerprint density at radius 1 is 0.800 bits per heavy atom. The summed E-state index contributed by atoms with van der Waals surface area (Å²) in [6, 6.07) is 0. The number of hydrogen-bond donors (Lipinski definition) is 6. The van der Waals surface area contributed by atoms with Crippen LogP contribution < -0.4 is 5.73 Å². The Morgan fingerprint density at radius 3 is 1.13 bits per heavy atom. The monoisotopic (exact) mass is 289 g/mol. The lowest BCUT2D eigenvalue weighted by molar-refractivity contribution is 0.204. The zero-order valence-corrected chi connectivity index (χ0v) is 9.88. The molecule has 0 aliphatic heterocycles. The molecular weight excluding hydrogens is 279 g/mol. The lowest BCUT2D eigenvalue weighted by Gasteiger charge is -2.11. The van der Waals surface area contributed by atoms with E-state index in [-0.39, 0.29) is 0 Å². The molecule has 0 saturated carbocycles. The lowest BCUT2D eigenvalue weighted by Crippen LogP contribution is -1.91. The second-order valence-electron chi connectivity index (χ2n) is 1.61. The Balaban J connectivity index is 0. The molecule has 0 aromatic heterocycles. The molecule has 0 aliphatic carbocycles. The van der Waals surface area contributed by atoms with Gasteiger partial charge in [-0.05, 0) is 7.05 Å². The highest BCUT2D eigenvalue weighted by atomic mass is 31.3. The summed E-state index contributed by atoms with van der Waals surface area (Å²) >= 11 is 0. The molecule has 11 nitrogen and oxygen atoms in total. The second kappa shape index (κ2) is 6.19. The molecule has 0 amide bonds. The SMILES string of the molecule is CN.O=P(O)(O)OP(=O)(O)OP(=O)(O)O. The van der Waals surface area contributed by atoms with Gasteiger partial charge in [0.05, 0.1) is 0 Å². The molecule has 7 N–H and O–H groups in total. The summed E-state index contributed by atoms with van der Waals surface area (Å²) in [5.74, 6) is 0. The smallest absolute Gasteiger partial charge is 0.333 e. The molecule has 94 valence electrons. The van der Waals surface area contributed by atoms with Gasteiger partial charge < -0.3 is 30.2 Å². The van der Waals surface area contributed by atoms with Crippen LogP contribution in [-0.2, 0) is 22.3 Å². The van der Waals surface area contributed by atoms with Crippen LogP contribution in [0.5, 0.6) is 0 Å². The zero-order chi connectivity index (χ0) is 12.9. The maximum atomic E-state index is 10.4. The third-order valence-electron chi connectivity index (χ3n) is 0.419. The topological polar surface area (TPSA) is 197 Å². The summed E-state index contributed by atoms with van der Waals surface area (Å²) in [5, 5.41) is 0. The van der Waals surface area contributed by atoms with Crippen LogP contribution >= 0.6 is 23.5 Å². The van der Waals surface area contributed by atoms with Crippen LogP contribution in [0.1, 0.15) is 0 Å². The summed E-state index contributed by atoms with van der Waals surface area (Å²) in [7, 11) is -14.7. The van der Waals surface area contributed by atoms with E-state index in [1.807, 2.05) is 0 Å². The van der Waals surface area contributed by atoms with E-state index in [0.29, 0.717) is 0 Å². The Bertz CT molecular complexity index is 283. The molecule has 0 fully saturated rings. The first kappa shape index (κ1) is 17.8. The van der Waals surface area contributed by atoms with Crippen molar-refractivity contribution in [2.45, 2.75) is 0 Å². The van der Waals surface area contributed by atoms with Gasteiger partial charge in [0.15, 0.2) is 0 Å². The molecule has 0 bridgehead atoms. The van der Waals surface area contributed by atoms with Crippen molar-refractivity contribution in [3.63, 3.8) is 0 Å². The summed E-state index contributed by atoms with van der Waals surface area (Å²) < 4.78 is 36.4. The van der Waals surface area contributed by atoms with Crippen LogP contribution in [0, 0.1) is 0 Å². The molecule has 0 atom stereocenters. The van der Waals surface area contributed by atoms with Crippen molar-refractivity contribution in [1.29, 1.82) is 0 Å². The van der Waals surface area contributed by atoms with Crippen molar-refractivity contribution in [3.05, 3.63) is 0 Å². The first-order chi connectivity index (χ1) is 6.41. The molecule has 14 heteroatoms. The first-order valence-corrected chi connectivity index (χ1v) is 7.41. The van der Waals surface area contributed by atoms with Crippen LogP contribution in [-0.4, -0.2) is 31.5 Å².